The first kappa shape index (κ1) is 24.7. The molecule has 184 valence electrons. The van der Waals surface area contributed by atoms with Gasteiger partial charge in [-0.25, -0.2) is 12.8 Å². The minimum absolute atomic E-state index is 0.0828. The average molecular weight is 496 g/mol. The van der Waals surface area contributed by atoms with E-state index in [-0.39, 0.29) is 11.4 Å². The molecule has 1 amide bonds. The van der Waals surface area contributed by atoms with E-state index in [0.717, 1.165) is 40.7 Å². The molecule has 1 fully saturated rings. The van der Waals surface area contributed by atoms with Crippen LogP contribution in [0.25, 0.3) is 0 Å². The van der Waals surface area contributed by atoms with E-state index in [1.54, 1.807) is 24.3 Å². The molecular weight excluding hydrogens is 465 g/mol. The summed E-state index contributed by atoms with van der Waals surface area (Å²) in [6.07, 6.45) is 3.68. The number of sulfonamides is 1. The van der Waals surface area contributed by atoms with Crippen LogP contribution < -0.4 is 14.5 Å². The van der Waals surface area contributed by atoms with Crippen LogP contribution in [0.15, 0.2) is 77.7 Å². The van der Waals surface area contributed by atoms with Gasteiger partial charge in [0.1, 0.15) is 12.4 Å². The smallest absolute Gasteiger partial charge is 0.264 e. The molecule has 0 radical (unpaired) electrons. The number of piperidine rings is 1. The maximum absolute atomic E-state index is 13.4. The fourth-order valence-corrected chi connectivity index (χ4v) is 5.54. The van der Waals surface area contributed by atoms with E-state index in [9.17, 15) is 17.6 Å². The molecule has 1 heterocycles. The lowest BCUT2D eigenvalue weighted by Gasteiger charge is -2.28. The van der Waals surface area contributed by atoms with Gasteiger partial charge >= 0.3 is 0 Å². The Morgan fingerprint density at radius 3 is 2.17 bits per heavy atom. The molecule has 0 saturated carbocycles. The van der Waals surface area contributed by atoms with E-state index in [1.165, 1.54) is 37.1 Å². The fraction of sp³-hybridized carbons (Fsp3) is 0.296. The number of aryl methyl sites for hydroxylation is 1. The Bertz CT molecular complexity index is 1240. The molecule has 3 aromatic rings. The zero-order valence-corrected chi connectivity index (χ0v) is 20.6. The predicted octanol–water partition coefficient (Wildman–Crippen LogP) is 4.64. The summed E-state index contributed by atoms with van der Waals surface area (Å²) in [5.41, 5.74) is 3.43. The van der Waals surface area contributed by atoms with Crippen molar-refractivity contribution in [2.24, 2.45) is 0 Å². The summed E-state index contributed by atoms with van der Waals surface area (Å²) in [4.78, 5) is 15.1. The number of halogens is 1. The second-order valence-electron chi connectivity index (χ2n) is 8.79. The summed E-state index contributed by atoms with van der Waals surface area (Å²) in [5.74, 6) is -0.966. The molecule has 0 aromatic heterocycles. The van der Waals surface area contributed by atoms with Gasteiger partial charge in [0.05, 0.1) is 10.6 Å². The maximum Gasteiger partial charge on any atom is 0.264 e. The first-order chi connectivity index (χ1) is 16.8. The van der Waals surface area contributed by atoms with Gasteiger partial charge in [0.15, 0.2) is 0 Å². The van der Waals surface area contributed by atoms with Crippen LogP contribution >= 0.6 is 0 Å². The van der Waals surface area contributed by atoms with Crippen LogP contribution in [0, 0.1) is 12.7 Å². The minimum Gasteiger partial charge on any atom is -0.372 e. The monoisotopic (exact) mass is 495 g/mol. The van der Waals surface area contributed by atoms with Gasteiger partial charge in [-0.1, -0.05) is 29.8 Å². The van der Waals surface area contributed by atoms with Gasteiger partial charge in [0, 0.05) is 25.3 Å². The molecule has 0 unspecified atom stereocenters. The first-order valence-corrected chi connectivity index (χ1v) is 13.2. The third-order valence-electron chi connectivity index (χ3n) is 6.16. The van der Waals surface area contributed by atoms with E-state index >= 15 is 0 Å². The minimum atomic E-state index is -4.08. The Kier molecular flexibility index (Phi) is 7.70. The Morgan fingerprint density at radius 2 is 1.54 bits per heavy atom. The van der Waals surface area contributed by atoms with Crippen molar-refractivity contribution < 1.29 is 17.6 Å². The number of hydrogen-bond donors (Lipinski definition) is 1. The standard InChI is InChI=1S/C27H30FN3O3S/c1-21-5-11-25(12-6-21)31(35(33,34)26-15-9-23(28)10-16-26)20-27(32)29-19-22-7-13-24(14-8-22)30-17-3-2-4-18-30/h5-16H,2-4,17-20H2,1H3,(H,29,32). The third kappa shape index (κ3) is 6.19. The van der Waals surface area contributed by atoms with Crippen molar-refractivity contribution >= 4 is 27.3 Å². The predicted molar refractivity (Wildman–Crippen MR) is 136 cm³/mol. The molecule has 0 bridgehead atoms. The molecule has 35 heavy (non-hydrogen) atoms. The highest BCUT2D eigenvalue weighted by Crippen LogP contribution is 2.24. The molecule has 0 spiro atoms. The number of benzene rings is 3. The van der Waals surface area contributed by atoms with Crippen molar-refractivity contribution in [3.63, 3.8) is 0 Å². The van der Waals surface area contributed by atoms with Crippen LogP contribution in [0.5, 0.6) is 0 Å². The molecule has 1 aliphatic heterocycles. The second kappa shape index (κ2) is 10.9. The van der Waals surface area contributed by atoms with Crippen molar-refractivity contribution in [2.75, 3.05) is 28.8 Å². The number of rotatable bonds is 8. The summed E-state index contributed by atoms with van der Waals surface area (Å²) < 4.78 is 41.1. The van der Waals surface area contributed by atoms with Gasteiger partial charge < -0.3 is 10.2 Å². The molecule has 1 N–H and O–H groups in total. The van der Waals surface area contributed by atoms with Gasteiger partial charge in [-0.05, 0) is 80.3 Å². The lowest BCUT2D eigenvalue weighted by Crippen LogP contribution is -2.40. The Hall–Kier alpha value is -3.39. The molecule has 0 atom stereocenters. The zero-order chi connectivity index (χ0) is 24.8. The average Bonchev–Trinajstić information content (AvgIpc) is 2.88. The van der Waals surface area contributed by atoms with Crippen molar-refractivity contribution in [2.45, 2.75) is 37.6 Å². The largest absolute Gasteiger partial charge is 0.372 e. The van der Waals surface area contributed by atoms with Gasteiger partial charge in [-0.3, -0.25) is 9.10 Å². The lowest BCUT2D eigenvalue weighted by molar-refractivity contribution is -0.119. The normalized spacial score (nSPS) is 13.9. The van der Waals surface area contributed by atoms with Crippen molar-refractivity contribution in [1.29, 1.82) is 0 Å². The van der Waals surface area contributed by atoms with Crippen molar-refractivity contribution in [1.82, 2.24) is 5.32 Å². The first-order valence-electron chi connectivity index (χ1n) is 11.8. The van der Waals surface area contributed by atoms with E-state index in [4.69, 9.17) is 0 Å². The summed E-state index contributed by atoms with van der Waals surface area (Å²) in [6, 6.07) is 19.5. The SMILES string of the molecule is Cc1ccc(N(CC(=O)NCc2ccc(N3CCCCC3)cc2)S(=O)(=O)c2ccc(F)cc2)cc1. The van der Waals surface area contributed by atoms with Crippen LogP contribution in [0.4, 0.5) is 15.8 Å². The highest BCUT2D eigenvalue weighted by molar-refractivity contribution is 7.92. The summed E-state index contributed by atoms with van der Waals surface area (Å²) in [6.45, 7) is 3.92. The van der Waals surface area contributed by atoms with Crippen LogP contribution in [-0.2, 0) is 21.4 Å². The fourth-order valence-electron chi connectivity index (χ4n) is 4.12. The molecule has 6 nitrogen and oxygen atoms in total. The number of carbonyl (C=O) groups is 1. The van der Waals surface area contributed by atoms with E-state index in [2.05, 4.69) is 22.3 Å². The van der Waals surface area contributed by atoms with Gasteiger partial charge in [0.25, 0.3) is 10.0 Å². The van der Waals surface area contributed by atoms with Crippen LogP contribution in [-0.4, -0.2) is 34.0 Å². The molecule has 3 aromatic carbocycles. The Morgan fingerprint density at radius 1 is 0.914 bits per heavy atom. The quantitative estimate of drug-likeness (QED) is 0.495. The number of nitrogens with zero attached hydrogens (tertiary/aromatic N) is 2. The van der Waals surface area contributed by atoms with E-state index < -0.39 is 28.3 Å². The summed E-state index contributed by atoms with van der Waals surface area (Å²) in [7, 11) is -4.08. The highest BCUT2D eigenvalue weighted by atomic mass is 32.2. The number of amides is 1. The molecule has 0 aliphatic carbocycles. The number of nitrogens with one attached hydrogen (secondary N) is 1. The van der Waals surface area contributed by atoms with Gasteiger partial charge in [-0.2, -0.15) is 0 Å². The maximum atomic E-state index is 13.4. The van der Waals surface area contributed by atoms with E-state index in [0.29, 0.717) is 5.69 Å². The van der Waals surface area contributed by atoms with Gasteiger partial charge in [-0.15, -0.1) is 0 Å². The molecule has 4 rings (SSSR count). The summed E-state index contributed by atoms with van der Waals surface area (Å²) >= 11 is 0. The lowest BCUT2D eigenvalue weighted by atomic mass is 10.1. The molecule has 8 heteroatoms. The van der Waals surface area contributed by atoms with Crippen LogP contribution in [0.3, 0.4) is 0 Å². The van der Waals surface area contributed by atoms with Gasteiger partial charge in [0.2, 0.25) is 5.91 Å². The molecule has 1 aliphatic rings. The third-order valence-corrected chi connectivity index (χ3v) is 7.95. The second-order valence-corrected chi connectivity index (χ2v) is 10.7. The topological polar surface area (TPSA) is 69.7 Å². The van der Waals surface area contributed by atoms with Crippen LogP contribution in [0.1, 0.15) is 30.4 Å². The Labute approximate surface area is 206 Å². The van der Waals surface area contributed by atoms with Crippen LogP contribution in [0.2, 0.25) is 0 Å². The molecule has 1 saturated heterocycles. The summed E-state index contributed by atoms with van der Waals surface area (Å²) in [5, 5.41) is 2.82. The molecular formula is C27H30FN3O3S. The Balaban J connectivity index is 1.46. The van der Waals surface area contributed by atoms with E-state index in [1.807, 2.05) is 19.1 Å². The zero-order valence-electron chi connectivity index (χ0n) is 19.8. The highest BCUT2D eigenvalue weighted by Gasteiger charge is 2.27. The number of carbonyl (C=O) groups excluding carboxylic acids is 1. The number of hydrogen-bond acceptors (Lipinski definition) is 4. The van der Waals surface area contributed by atoms with Crippen molar-refractivity contribution in [3.05, 3.63) is 89.7 Å². The van der Waals surface area contributed by atoms with Crippen molar-refractivity contribution in [3.8, 4) is 0 Å². The number of anilines is 2.